The molecule has 4 heterocycles. The fourth-order valence-corrected chi connectivity index (χ4v) is 4.88. The summed E-state index contributed by atoms with van der Waals surface area (Å²) in [6.45, 7) is 0.472. The predicted molar refractivity (Wildman–Crippen MR) is 129 cm³/mol. The number of nitrogens with zero attached hydrogens (tertiary/aromatic N) is 4. The second-order valence-electron chi connectivity index (χ2n) is 8.70. The number of hydrogen-bond acceptors (Lipinski definition) is 9. The summed E-state index contributed by atoms with van der Waals surface area (Å²) in [4.78, 5) is 25.3. The molecule has 2 aromatic heterocycles. The van der Waals surface area contributed by atoms with Gasteiger partial charge in [-0.25, -0.2) is 9.78 Å². The molecule has 2 aliphatic heterocycles. The van der Waals surface area contributed by atoms with Crippen molar-refractivity contribution in [2.24, 2.45) is 0 Å². The minimum atomic E-state index is -1.03. The molecule has 2 fully saturated rings. The second kappa shape index (κ2) is 9.14. The normalized spacial score (nSPS) is 24.9. The van der Waals surface area contributed by atoms with Crippen molar-refractivity contribution in [3.05, 3.63) is 83.3 Å². The number of carbonyl (C=O) groups is 1. The molecule has 11 heteroatoms. The van der Waals surface area contributed by atoms with E-state index < -0.39 is 30.0 Å². The van der Waals surface area contributed by atoms with Crippen molar-refractivity contribution in [1.29, 1.82) is 0 Å². The summed E-state index contributed by atoms with van der Waals surface area (Å²) >= 11 is 6.22. The van der Waals surface area contributed by atoms with E-state index in [-0.39, 0.29) is 24.3 Å². The SMILES string of the molecule is Nc1nc(Cl)c2ncn([C@@H]3O[C@]4(COC(=O)c5ccccc5)CO[C@H]3[C@H]4OCc3ccccc3)c2n1. The summed E-state index contributed by atoms with van der Waals surface area (Å²) in [5.74, 6) is -0.440. The highest BCUT2D eigenvalue weighted by Crippen LogP contribution is 2.48. The number of aromatic nitrogens is 4. The summed E-state index contributed by atoms with van der Waals surface area (Å²) in [6, 6.07) is 18.6. The Hall–Kier alpha value is -3.57. The molecule has 0 unspecified atom stereocenters. The summed E-state index contributed by atoms with van der Waals surface area (Å²) in [5.41, 5.74) is 7.04. The molecule has 2 aromatic carbocycles. The number of ether oxygens (including phenoxy) is 4. The van der Waals surface area contributed by atoms with Gasteiger partial charge in [0.2, 0.25) is 5.95 Å². The molecule has 4 atom stereocenters. The third kappa shape index (κ3) is 3.97. The molecule has 0 spiro atoms. The lowest BCUT2D eigenvalue weighted by atomic mass is 10.00. The fraction of sp³-hybridized carbons (Fsp3) is 0.280. The van der Waals surface area contributed by atoms with E-state index in [9.17, 15) is 4.79 Å². The summed E-state index contributed by atoms with van der Waals surface area (Å²) in [7, 11) is 0. The van der Waals surface area contributed by atoms with Gasteiger partial charge < -0.3 is 24.7 Å². The minimum absolute atomic E-state index is 0.0155. The average molecular weight is 508 g/mol. The van der Waals surface area contributed by atoms with Gasteiger partial charge in [0.1, 0.15) is 24.3 Å². The standard InChI is InChI=1S/C25H22ClN5O5/c26-20-17-21(30-24(27)29-20)31(14-28-17)22-18-19(33-11-15-7-3-1-4-8-15)25(36-22,12-34-18)13-35-23(32)16-9-5-2-6-10-16/h1-10,14,18-19,22H,11-13H2,(H2,27,29,30)/t18-,19+,22+,25-/m0/s1. The molecule has 36 heavy (non-hydrogen) atoms. The highest BCUT2D eigenvalue weighted by Gasteiger charge is 2.64. The Kier molecular flexibility index (Phi) is 5.81. The number of anilines is 1. The van der Waals surface area contributed by atoms with Crippen molar-refractivity contribution < 1.29 is 23.7 Å². The monoisotopic (exact) mass is 507 g/mol. The summed E-state index contributed by atoms with van der Waals surface area (Å²) in [6.07, 6.45) is -0.155. The number of hydrogen-bond donors (Lipinski definition) is 1. The van der Waals surface area contributed by atoms with Crippen molar-refractivity contribution in [2.45, 2.75) is 30.6 Å². The molecule has 2 saturated heterocycles. The van der Waals surface area contributed by atoms with Crippen LogP contribution in [-0.4, -0.2) is 56.5 Å². The Morgan fingerprint density at radius 2 is 1.89 bits per heavy atom. The Morgan fingerprint density at radius 3 is 2.67 bits per heavy atom. The zero-order valence-electron chi connectivity index (χ0n) is 19.0. The number of benzene rings is 2. The molecule has 2 bridgehead atoms. The van der Waals surface area contributed by atoms with Crippen LogP contribution < -0.4 is 5.73 Å². The largest absolute Gasteiger partial charge is 0.459 e. The average Bonchev–Trinajstić information content (AvgIpc) is 3.57. The summed E-state index contributed by atoms with van der Waals surface area (Å²) in [5, 5.41) is 0.142. The van der Waals surface area contributed by atoms with Gasteiger partial charge in [0.05, 0.1) is 25.1 Å². The van der Waals surface area contributed by atoms with Gasteiger partial charge in [-0.1, -0.05) is 60.1 Å². The zero-order chi connectivity index (χ0) is 24.7. The van der Waals surface area contributed by atoms with Gasteiger partial charge in [-0.15, -0.1) is 0 Å². The van der Waals surface area contributed by atoms with Crippen molar-refractivity contribution >= 4 is 34.7 Å². The third-order valence-electron chi connectivity index (χ3n) is 6.37. The van der Waals surface area contributed by atoms with Crippen LogP contribution in [0.1, 0.15) is 22.1 Å². The van der Waals surface area contributed by atoms with E-state index in [0.717, 1.165) is 5.56 Å². The van der Waals surface area contributed by atoms with Crippen LogP contribution >= 0.6 is 11.6 Å². The van der Waals surface area contributed by atoms with Crippen LogP contribution in [0.4, 0.5) is 5.95 Å². The number of nitrogen functional groups attached to an aromatic ring is 1. The van der Waals surface area contributed by atoms with Gasteiger partial charge in [0, 0.05) is 0 Å². The van der Waals surface area contributed by atoms with Crippen LogP contribution in [0.3, 0.4) is 0 Å². The highest BCUT2D eigenvalue weighted by molar-refractivity contribution is 6.33. The van der Waals surface area contributed by atoms with Gasteiger partial charge in [0.25, 0.3) is 0 Å². The number of imidazole rings is 1. The number of fused-ring (bicyclic) bond motifs is 3. The topological polar surface area (TPSA) is 124 Å². The lowest BCUT2D eigenvalue weighted by Crippen LogP contribution is -2.46. The van der Waals surface area contributed by atoms with Crippen LogP contribution in [0.2, 0.25) is 5.15 Å². The quantitative estimate of drug-likeness (QED) is 0.296. The molecular weight excluding hydrogens is 486 g/mol. The van der Waals surface area contributed by atoms with Crippen molar-refractivity contribution in [1.82, 2.24) is 19.5 Å². The van der Waals surface area contributed by atoms with E-state index in [1.54, 1.807) is 35.2 Å². The van der Waals surface area contributed by atoms with Crippen LogP contribution in [0.25, 0.3) is 11.2 Å². The molecule has 0 aliphatic carbocycles. The minimum Gasteiger partial charge on any atom is -0.459 e. The number of nitrogens with two attached hydrogens (primary N) is 1. The number of halogens is 1. The van der Waals surface area contributed by atoms with Gasteiger partial charge in [-0.2, -0.15) is 9.97 Å². The smallest absolute Gasteiger partial charge is 0.338 e. The lowest BCUT2D eigenvalue weighted by molar-refractivity contribution is -0.187. The maximum absolute atomic E-state index is 12.7. The number of rotatable bonds is 7. The fourth-order valence-electron chi connectivity index (χ4n) is 4.66. The molecule has 10 nitrogen and oxygen atoms in total. The first-order chi connectivity index (χ1) is 17.5. The van der Waals surface area contributed by atoms with Gasteiger partial charge in [-0.3, -0.25) is 4.57 Å². The zero-order valence-corrected chi connectivity index (χ0v) is 19.7. The maximum Gasteiger partial charge on any atom is 0.338 e. The van der Waals surface area contributed by atoms with E-state index in [2.05, 4.69) is 15.0 Å². The van der Waals surface area contributed by atoms with E-state index in [4.69, 9.17) is 36.3 Å². The predicted octanol–water partition coefficient (Wildman–Crippen LogP) is 3.17. The molecule has 0 saturated carbocycles. The van der Waals surface area contributed by atoms with E-state index in [1.165, 1.54) is 0 Å². The Labute approximate surface area is 210 Å². The van der Waals surface area contributed by atoms with E-state index in [0.29, 0.717) is 23.3 Å². The number of carbonyl (C=O) groups excluding carboxylic acids is 1. The molecule has 0 amide bonds. The third-order valence-corrected chi connectivity index (χ3v) is 6.64. The molecule has 184 valence electrons. The molecule has 6 rings (SSSR count). The first kappa shape index (κ1) is 22.9. The van der Waals surface area contributed by atoms with Crippen LogP contribution in [0.5, 0.6) is 0 Å². The molecule has 2 N–H and O–H groups in total. The molecule has 4 aromatic rings. The van der Waals surface area contributed by atoms with Crippen LogP contribution in [0, 0.1) is 0 Å². The van der Waals surface area contributed by atoms with Crippen LogP contribution in [0.15, 0.2) is 67.0 Å². The maximum atomic E-state index is 12.7. The Morgan fingerprint density at radius 1 is 1.14 bits per heavy atom. The van der Waals surface area contributed by atoms with Crippen LogP contribution in [-0.2, 0) is 25.6 Å². The first-order valence-corrected chi connectivity index (χ1v) is 11.7. The van der Waals surface area contributed by atoms with E-state index in [1.807, 2.05) is 36.4 Å². The Balaban J connectivity index is 1.30. The van der Waals surface area contributed by atoms with Gasteiger partial charge in [0.15, 0.2) is 22.6 Å². The lowest BCUT2D eigenvalue weighted by Gasteiger charge is -2.31. The molecular formula is C25H22ClN5O5. The van der Waals surface area contributed by atoms with Gasteiger partial charge in [-0.05, 0) is 17.7 Å². The van der Waals surface area contributed by atoms with Gasteiger partial charge >= 0.3 is 5.97 Å². The van der Waals surface area contributed by atoms with E-state index >= 15 is 0 Å². The van der Waals surface area contributed by atoms with Crippen molar-refractivity contribution in [3.8, 4) is 0 Å². The molecule has 2 aliphatic rings. The van der Waals surface area contributed by atoms with Crippen molar-refractivity contribution in [3.63, 3.8) is 0 Å². The molecule has 0 radical (unpaired) electrons. The Bertz CT molecular complexity index is 1400. The second-order valence-corrected chi connectivity index (χ2v) is 9.06. The number of esters is 1. The highest BCUT2D eigenvalue weighted by atomic mass is 35.5. The first-order valence-electron chi connectivity index (χ1n) is 11.4. The van der Waals surface area contributed by atoms with Crippen molar-refractivity contribution in [2.75, 3.05) is 18.9 Å². The summed E-state index contributed by atoms with van der Waals surface area (Å²) < 4.78 is 26.4.